The van der Waals surface area contributed by atoms with Crippen molar-refractivity contribution in [1.29, 1.82) is 0 Å². The summed E-state index contributed by atoms with van der Waals surface area (Å²) in [5.41, 5.74) is 4.21. The molecule has 0 saturated heterocycles. The molecular weight excluding hydrogens is 226 g/mol. The van der Waals surface area contributed by atoms with E-state index in [1.54, 1.807) is 0 Å². The van der Waals surface area contributed by atoms with Crippen LogP contribution < -0.4 is 5.32 Å². The molecule has 0 bridgehead atoms. The summed E-state index contributed by atoms with van der Waals surface area (Å²) in [6, 6.07) is 4.06. The number of aryl methyl sites for hydroxylation is 2. The van der Waals surface area contributed by atoms with Gasteiger partial charge in [0.15, 0.2) is 0 Å². The number of rotatable bonds is 3. The third kappa shape index (κ3) is 2.41. The summed E-state index contributed by atoms with van der Waals surface area (Å²) in [7, 11) is 0. The number of anilines is 1. The summed E-state index contributed by atoms with van der Waals surface area (Å²) in [6.07, 6.45) is 1.74. The molecule has 1 aromatic rings. The third-order valence-electron chi connectivity index (χ3n) is 3.56. The number of hydrogen-bond donors (Lipinski definition) is 2. The SMILES string of the molecule is CCc1cc(C(O)C(C)C)cc2c1NC(=O)CC2. The second-order valence-corrected chi connectivity index (χ2v) is 5.30. The Hall–Kier alpha value is -1.35. The van der Waals surface area contributed by atoms with Gasteiger partial charge in [-0.1, -0.05) is 32.9 Å². The lowest BCUT2D eigenvalue weighted by Crippen LogP contribution is -2.21. The van der Waals surface area contributed by atoms with E-state index in [4.69, 9.17) is 0 Å². The number of nitrogens with one attached hydrogen (secondary N) is 1. The zero-order valence-corrected chi connectivity index (χ0v) is 11.3. The van der Waals surface area contributed by atoms with Crippen LogP contribution in [0.5, 0.6) is 0 Å². The second kappa shape index (κ2) is 5.11. The molecule has 2 rings (SSSR count). The van der Waals surface area contributed by atoms with E-state index in [0.29, 0.717) is 6.42 Å². The van der Waals surface area contributed by atoms with E-state index in [1.807, 2.05) is 26.0 Å². The molecule has 1 aliphatic rings. The van der Waals surface area contributed by atoms with E-state index in [0.717, 1.165) is 35.2 Å². The summed E-state index contributed by atoms with van der Waals surface area (Å²) >= 11 is 0. The van der Waals surface area contributed by atoms with Crippen LogP contribution >= 0.6 is 0 Å². The van der Waals surface area contributed by atoms with Gasteiger partial charge in [-0.2, -0.15) is 0 Å². The van der Waals surface area contributed by atoms with Crippen LogP contribution in [-0.2, 0) is 17.6 Å². The maximum atomic E-state index is 11.5. The first-order valence-corrected chi connectivity index (χ1v) is 6.66. The van der Waals surface area contributed by atoms with Gasteiger partial charge in [0.05, 0.1) is 6.10 Å². The molecule has 0 aromatic heterocycles. The minimum atomic E-state index is -0.432. The first-order chi connectivity index (χ1) is 8.52. The van der Waals surface area contributed by atoms with Crippen LogP contribution in [0.4, 0.5) is 5.69 Å². The molecule has 1 aromatic carbocycles. The van der Waals surface area contributed by atoms with E-state index in [1.165, 1.54) is 0 Å². The normalized spacial score (nSPS) is 16.4. The van der Waals surface area contributed by atoms with Crippen molar-refractivity contribution in [2.24, 2.45) is 5.92 Å². The van der Waals surface area contributed by atoms with E-state index in [2.05, 4.69) is 12.2 Å². The van der Waals surface area contributed by atoms with Crippen molar-refractivity contribution in [3.8, 4) is 0 Å². The molecule has 0 radical (unpaired) electrons. The van der Waals surface area contributed by atoms with E-state index >= 15 is 0 Å². The highest BCUT2D eigenvalue weighted by Crippen LogP contribution is 2.32. The lowest BCUT2D eigenvalue weighted by atomic mass is 9.90. The fraction of sp³-hybridized carbons (Fsp3) is 0.533. The monoisotopic (exact) mass is 247 g/mol. The standard InChI is InChI=1S/C15H21NO2/c1-4-10-7-12(15(18)9(2)3)8-11-5-6-13(17)16-14(10)11/h7-9,15,18H,4-6H2,1-3H3,(H,16,17). The second-order valence-electron chi connectivity index (χ2n) is 5.30. The van der Waals surface area contributed by atoms with Gasteiger partial charge in [0.1, 0.15) is 0 Å². The Labute approximate surface area is 108 Å². The maximum Gasteiger partial charge on any atom is 0.224 e. The van der Waals surface area contributed by atoms with Crippen LogP contribution in [0, 0.1) is 5.92 Å². The first-order valence-electron chi connectivity index (χ1n) is 6.66. The first kappa shape index (κ1) is 13.1. The highest BCUT2D eigenvalue weighted by Gasteiger charge is 2.21. The van der Waals surface area contributed by atoms with Crippen LogP contribution in [0.25, 0.3) is 0 Å². The van der Waals surface area contributed by atoms with Crippen molar-refractivity contribution < 1.29 is 9.90 Å². The van der Waals surface area contributed by atoms with Gasteiger partial charge in [-0.25, -0.2) is 0 Å². The largest absolute Gasteiger partial charge is 0.388 e. The van der Waals surface area contributed by atoms with Crippen LogP contribution in [-0.4, -0.2) is 11.0 Å². The molecule has 1 amide bonds. The number of carbonyl (C=O) groups is 1. The minimum absolute atomic E-state index is 0.0920. The van der Waals surface area contributed by atoms with Gasteiger partial charge in [0, 0.05) is 12.1 Å². The highest BCUT2D eigenvalue weighted by molar-refractivity contribution is 5.94. The van der Waals surface area contributed by atoms with Gasteiger partial charge < -0.3 is 10.4 Å². The molecule has 3 heteroatoms. The topological polar surface area (TPSA) is 49.3 Å². The van der Waals surface area contributed by atoms with Crippen LogP contribution in [0.1, 0.15) is 50.0 Å². The number of aliphatic hydroxyl groups is 1. The molecule has 0 saturated carbocycles. The number of amides is 1. The number of hydrogen-bond acceptors (Lipinski definition) is 2. The molecule has 1 aliphatic heterocycles. The quantitative estimate of drug-likeness (QED) is 0.863. The number of fused-ring (bicyclic) bond motifs is 1. The van der Waals surface area contributed by atoms with Gasteiger partial charge >= 0.3 is 0 Å². The van der Waals surface area contributed by atoms with Crippen LogP contribution in [0.3, 0.4) is 0 Å². The van der Waals surface area contributed by atoms with Crippen molar-refractivity contribution in [1.82, 2.24) is 0 Å². The van der Waals surface area contributed by atoms with Crippen molar-refractivity contribution >= 4 is 11.6 Å². The van der Waals surface area contributed by atoms with E-state index < -0.39 is 6.10 Å². The number of benzene rings is 1. The van der Waals surface area contributed by atoms with Crippen molar-refractivity contribution in [2.45, 2.75) is 46.1 Å². The lowest BCUT2D eigenvalue weighted by molar-refractivity contribution is -0.116. The summed E-state index contributed by atoms with van der Waals surface area (Å²) < 4.78 is 0. The molecule has 0 aliphatic carbocycles. The lowest BCUT2D eigenvalue weighted by Gasteiger charge is -2.24. The minimum Gasteiger partial charge on any atom is -0.388 e. The van der Waals surface area contributed by atoms with Crippen molar-refractivity contribution in [3.63, 3.8) is 0 Å². The zero-order chi connectivity index (χ0) is 13.3. The fourth-order valence-electron chi connectivity index (χ4n) is 2.44. The smallest absolute Gasteiger partial charge is 0.224 e. The molecule has 0 spiro atoms. The molecule has 3 nitrogen and oxygen atoms in total. The summed E-state index contributed by atoms with van der Waals surface area (Å²) in [4.78, 5) is 11.5. The molecule has 98 valence electrons. The van der Waals surface area contributed by atoms with E-state index in [-0.39, 0.29) is 11.8 Å². The molecule has 2 N–H and O–H groups in total. The predicted octanol–water partition coefficient (Wildman–Crippen LogP) is 2.82. The van der Waals surface area contributed by atoms with Gasteiger partial charge in [-0.15, -0.1) is 0 Å². The van der Waals surface area contributed by atoms with Gasteiger partial charge in [-0.05, 0) is 35.4 Å². The molecule has 18 heavy (non-hydrogen) atoms. The summed E-state index contributed by atoms with van der Waals surface area (Å²) in [6.45, 7) is 6.09. The van der Waals surface area contributed by atoms with Crippen LogP contribution in [0.2, 0.25) is 0 Å². The Morgan fingerprint density at radius 3 is 2.67 bits per heavy atom. The average Bonchev–Trinajstić information content (AvgIpc) is 2.36. The molecule has 1 atom stereocenters. The molecular formula is C15H21NO2. The number of carbonyl (C=O) groups excluding carboxylic acids is 1. The third-order valence-corrected chi connectivity index (χ3v) is 3.56. The Bertz CT molecular complexity index is 449. The zero-order valence-electron chi connectivity index (χ0n) is 11.3. The Balaban J connectivity index is 2.45. The summed E-state index contributed by atoms with van der Waals surface area (Å²) in [5.74, 6) is 0.292. The number of aliphatic hydroxyl groups excluding tert-OH is 1. The van der Waals surface area contributed by atoms with Crippen LogP contribution in [0.15, 0.2) is 12.1 Å². The molecule has 0 fully saturated rings. The van der Waals surface area contributed by atoms with Gasteiger partial charge in [-0.3, -0.25) is 4.79 Å². The Morgan fingerprint density at radius 1 is 1.33 bits per heavy atom. The molecule has 1 unspecified atom stereocenters. The summed E-state index contributed by atoms with van der Waals surface area (Å²) in [5, 5.41) is 13.1. The van der Waals surface area contributed by atoms with Gasteiger partial charge in [0.25, 0.3) is 0 Å². The Kier molecular flexibility index (Phi) is 3.71. The van der Waals surface area contributed by atoms with Crippen molar-refractivity contribution in [3.05, 3.63) is 28.8 Å². The van der Waals surface area contributed by atoms with Crippen molar-refractivity contribution in [2.75, 3.05) is 5.32 Å². The maximum absolute atomic E-state index is 11.5. The highest BCUT2D eigenvalue weighted by atomic mass is 16.3. The van der Waals surface area contributed by atoms with E-state index in [9.17, 15) is 9.90 Å². The predicted molar refractivity (Wildman–Crippen MR) is 72.6 cm³/mol. The average molecular weight is 247 g/mol. The molecule has 1 heterocycles. The fourth-order valence-corrected chi connectivity index (χ4v) is 2.44. The van der Waals surface area contributed by atoms with Gasteiger partial charge in [0.2, 0.25) is 5.91 Å². The Morgan fingerprint density at radius 2 is 2.06 bits per heavy atom.